The van der Waals surface area contributed by atoms with Gasteiger partial charge in [0.25, 0.3) is 0 Å². The molecule has 0 aliphatic carbocycles. The molecule has 17 heavy (non-hydrogen) atoms. The van der Waals surface area contributed by atoms with Crippen molar-refractivity contribution < 1.29 is 4.79 Å². The summed E-state index contributed by atoms with van der Waals surface area (Å²) in [6, 6.07) is 0.152. The molecule has 0 aromatic carbocycles. The van der Waals surface area contributed by atoms with Crippen molar-refractivity contribution in [2.24, 2.45) is 5.73 Å². The number of hydrogen-bond donors (Lipinski definition) is 3. The second-order valence-corrected chi connectivity index (χ2v) is 4.24. The molecule has 0 saturated carbocycles. The van der Waals surface area contributed by atoms with E-state index in [0.717, 1.165) is 44.7 Å². The van der Waals surface area contributed by atoms with E-state index in [1.54, 1.807) is 4.90 Å². The van der Waals surface area contributed by atoms with Gasteiger partial charge < -0.3 is 16.0 Å². The number of aromatic nitrogens is 3. The summed E-state index contributed by atoms with van der Waals surface area (Å²) in [5, 5.41) is 10.1. The first-order chi connectivity index (χ1) is 8.25. The Labute approximate surface area is 99.8 Å². The third-order valence-electron chi connectivity index (χ3n) is 3.07. The highest BCUT2D eigenvalue weighted by molar-refractivity contribution is 5.72. The zero-order valence-corrected chi connectivity index (χ0v) is 9.72. The minimum Gasteiger partial charge on any atom is -0.351 e. The summed E-state index contributed by atoms with van der Waals surface area (Å²) in [4.78, 5) is 16.7. The molecule has 1 fully saturated rings. The van der Waals surface area contributed by atoms with Crippen molar-refractivity contribution in [1.82, 2.24) is 25.4 Å². The van der Waals surface area contributed by atoms with E-state index in [0.29, 0.717) is 6.04 Å². The summed E-state index contributed by atoms with van der Waals surface area (Å²) in [7, 11) is 0. The topological polar surface area (TPSA) is 99.9 Å². The quantitative estimate of drug-likeness (QED) is 0.657. The molecule has 1 aliphatic rings. The fourth-order valence-electron chi connectivity index (χ4n) is 2.05. The van der Waals surface area contributed by atoms with E-state index in [9.17, 15) is 4.79 Å². The summed E-state index contributed by atoms with van der Waals surface area (Å²) < 4.78 is 0. The molecule has 0 bridgehead atoms. The third-order valence-corrected chi connectivity index (χ3v) is 3.07. The summed E-state index contributed by atoms with van der Waals surface area (Å²) in [5.74, 6) is 0.895. The van der Waals surface area contributed by atoms with E-state index >= 15 is 0 Å². The van der Waals surface area contributed by atoms with Gasteiger partial charge in [-0.25, -0.2) is 9.78 Å². The van der Waals surface area contributed by atoms with Gasteiger partial charge in [-0.15, -0.1) is 0 Å². The minimum atomic E-state index is -0.315. The highest BCUT2D eigenvalue weighted by Gasteiger charge is 2.20. The number of nitrogens with zero attached hydrogens (tertiary/aromatic N) is 3. The molecule has 1 aliphatic heterocycles. The van der Waals surface area contributed by atoms with Crippen molar-refractivity contribution in [3.63, 3.8) is 0 Å². The number of urea groups is 1. The van der Waals surface area contributed by atoms with Gasteiger partial charge in [-0.05, 0) is 12.8 Å². The lowest BCUT2D eigenvalue weighted by Gasteiger charge is -2.31. The van der Waals surface area contributed by atoms with Gasteiger partial charge in [0.1, 0.15) is 12.2 Å². The van der Waals surface area contributed by atoms with Crippen molar-refractivity contribution >= 4 is 6.03 Å². The van der Waals surface area contributed by atoms with Crippen LogP contribution in [0.25, 0.3) is 0 Å². The maximum absolute atomic E-state index is 10.9. The third kappa shape index (κ3) is 3.42. The van der Waals surface area contributed by atoms with Crippen LogP contribution in [0.1, 0.15) is 18.7 Å². The van der Waals surface area contributed by atoms with Crippen molar-refractivity contribution in [2.45, 2.75) is 25.3 Å². The van der Waals surface area contributed by atoms with Crippen LogP contribution in [0, 0.1) is 0 Å². The lowest BCUT2D eigenvalue weighted by molar-refractivity contribution is 0.185. The molecule has 1 aromatic rings. The number of amides is 2. The SMILES string of the molecule is NC(=O)N1CCC(NCCc2ncn[nH]2)CC1. The molecule has 0 radical (unpaired) electrons. The summed E-state index contributed by atoms with van der Waals surface area (Å²) in [6.45, 7) is 2.36. The highest BCUT2D eigenvalue weighted by atomic mass is 16.2. The number of H-pyrrole nitrogens is 1. The number of likely N-dealkylation sites (tertiary alicyclic amines) is 1. The molecule has 4 N–H and O–H groups in total. The average Bonchev–Trinajstić information content (AvgIpc) is 2.83. The van der Waals surface area contributed by atoms with E-state index in [2.05, 4.69) is 20.5 Å². The Morgan fingerprint density at radius 3 is 2.94 bits per heavy atom. The monoisotopic (exact) mass is 238 g/mol. The largest absolute Gasteiger partial charge is 0.351 e. The van der Waals surface area contributed by atoms with E-state index in [-0.39, 0.29) is 6.03 Å². The maximum Gasteiger partial charge on any atom is 0.314 e. The van der Waals surface area contributed by atoms with Crippen molar-refractivity contribution in [1.29, 1.82) is 0 Å². The molecule has 7 heteroatoms. The standard InChI is InChI=1S/C10H18N6O/c11-10(17)16-5-2-8(3-6-16)12-4-1-9-13-7-14-15-9/h7-8,12H,1-6H2,(H2,11,17)(H,13,14,15). The van der Waals surface area contributed by atoms with Gasteiger partial charge in [-0.3, -0.25) is 5.10 Å². The van der Waals surface area contributed by atoms with Crippen LogP contribution < -0.4 is 11.1 Å². The van der Waals surface area contributed by atoms with Gasteiger partial charge in [-0.1, -0.05) is 0 Å². The molecule has 7 nitrogen and oxygen atoms in total. The molecule has 1 aromatic heterocycles. The lowest BCUT2D eigenvalue weighted by atomic mass is 10.1. The maximum atomic E-state index is 10.9. The van der Waals surface area contributed by atoms with E-state index in [1.807, 2.05) is 0 Å². The fraction of sp³-hybridized carbons (Fsp3) is 0.700. The predicted octanol–water partition coefficient (Wildman–Crippen LogP) is -0.520. The zero-order valence-electron chi connectivity index (χ0n) is 9.72. The van der Waals surface area contributed by atoms with E-state index in [1.165, 1.54) is 6.33 Å². The Hall–Kier alpha value is -1.63. The van der Waals surface area contributed by atoms with Crippen LogP contribution in [0.3, 0.4) is 0 Å². The molecule has 2 amide bonds. The summed E-state index contributed by atoms with van der Waals surface area (Å²) in [5.41, 5.74) is 5.22. The van der Waals surface area contributed by atoms with Crippen LogP contribution in [-0.2, 0) is 6.42 Å². The highest BCUT2D eigenvalue weighted by Crippen LogP contribution is 2.09. The van der Waals surface area contributed by atoms with Crippen molar-refractivity contribution in [3.05, 3.63) is 12.2 Å². The van der Waals surface area contributed by atoms with Crippen LogP contribution in [0.5, 0.6) is 0 Å². The molecule has 2 rings (SSSR count). The first kappa shape index (κ1) is 11.8. The summed E-state index contributed by atoms with van der Waals surface area (Å²) >= 11 is 0. The zero-order chi connectivity index (χ0) is 12.1. The number of primary amides is 1. The molecule has 94 valence electrons. The number of hydrogen-bond acceptors (Lipinski definition) is 4. The lowest BCUT2D eigenvalue weighted by Crippen LogP contribution is -2.47. The van der Waals surface area contributed by atoms with Gasteiger partial charge >= 0.3 is 6.03 Å². The van der Waals surface area contributed by atoms with E-state index < -0.39 is 0 Å². The first-order valence-corrected chi connectivity index (χ1v) is 5.87. The van der Waals surface area contributed by atoms with Crippen molar-refractivity contribution in [3.8, 4) is 0 Å². The van der Waals surface area contributed by atoms with Gasteiger partial charge in [0.05, 0.1) is 0 Å². The number of piperidine rings is 1. The first-order valence-electron chi connectivity index (χ1n) is 5.87. The summed E-state index contributed by atoms with van der Waals surface area (Å²) in [6.07, 6.45) is 4.27. The number of rotatable bonds is 4. The van der Waals surface area contributed by atoms with Gasteiger partial charge in [0.2, 0.25) is 0 Å². The molecular weight excluding hydrogens is 220 g/mol. The van der Waals surface area contributed by atoms with Gasteiger partial charge in [0.15, 0.2) is 0 Å². The van der Waals surface area contributed by atoms with Gasteiger partial charge in [0, 0.05) is 32.1 Å². The van der Waals surface area contributed by atoms with E-state index in [4.69, 9.17) is 5.73 Å². The minimum absolute atomic E-state index is 0.315. The normalized spacial score (nSPS) is 17.3. The Bertz CT molecular complexity index is 344. The molecule has 0 spiro atoms. The molecular formula is C10H18N6O. The van der Waals surface area contributed by atoms with Crippen LogP contribution in [-0.4, -0.2) is 51.8 Å². The predicted molar refractivity (Wildman–Crippen MR) is 62.3 cm³/mol. The van der Waals surface area contributed by atoms with Gasteiger partial charge in [-0.2, -0.15) is 5.10 Å². The molecule has 2 heterocycles. The Kier molecular flexibility index (Phi) is 3.92. The fourth-order valence-corrected chi connectivity index (χ4v) is 2.05. The number of carbonyl (C=O) groups is 1. The number of carbonyl (C=O) groups excluding carboxylic acids is 1. The Morgan fingerprint density at radius 1 is 1.59 bits per heavy atom. The molecule has 0 unspecified atom stereocenters. The average molecular weight is 238 g/mol. The smallest absolute Gasteiger partial charge is 0.314 e. The Morgan fingerprint density at radius 2 is 2.35 bits per heavy atom. The number of aromatic amines is 1. The molecule has 0 atom stereocenters. The van der Waals surface area contributed by atoms with Crippen LogP contribution in [0.15, 0.2) is 6.33 Å². The van der Waals surface area contributed by atoms with Crippen LogP contribution in [0.2, 0.25) is 0 Å². The van der Waals surface area contributed by atoms with Crippen molar-refractivity contribution in [2.75, 3.05) is 19.6 Å². The number of nitrogens with one attached hydrogen (secondary N) is 2. The Balaban J connectivity index is 1.63. The number of nitrogens with two attached hydrogens (primary N) is 1. The molecule has 1 saturated heterocycles. The van der Waals surface area contributed by atoms with Crippen LogP contribution in [0.4, 0.5) is 4.79 Å². The van der Waals surface area contributed by atoms with Crippen LogP contribution >= 0.6 is 0 Å². The second kappa shape index (κ2) is 5.62. The second-order valence-electron chi connectivity index (χ2n) is 4.24.